The van der Waals surface area contributed by atoms with Gasteiger partial charge < -0.3 is 10.3 Å². The van der Waals surface area contributed by atoms with Crippen molar-refractivity contribution in [1.29, 1.82) is 0 Å². The van der Waals surface area contributed by atoms with Gasteiger partial charge in [-0.3, -0.25) is 9.78 Å². The number of nitrogens with zero attached hydrogens (tertiary/aromatic N) is 2. The Balaban J connectivity index is 1.10. The van der Waals surface area contributed by atoms with E-state index in [0.717, 1.165) is 42.6 Å². The van der Waals surface area contributed by atoms with Gasteiger partial charge in [-0.2, -0.15) is 18.2 Å². The molecule has 34 heavy (non-hydrogen) atoms. The van der Waals surface area contributed by atoms with E-state index >= 15 is 0 Å². The molecule has 2 aromatic heterocycles. The lowest BCUT2D eigenvalue weighted by atomic mass is 9.72. The maximum atomic E-state index is 12.7. The number of alkyl halides is 3. The molecular formula is C25H26F3N5O. The van der Waals surface area contributed by atoms with Gasteiger partial charge in [0, 0.05) is 13.0 Å². The first kappa shape index (κ1) is 21.4. The molecule has 0 saturated heterocycles. The number of H-pyrrole nitrogens is 2. The summed E-state index contributed by atoms with van der Waals surface area (Å²) >= 11 is 0. The van der Waals surface area contributed by atoms with Crippen LogP contribution in [0.4, 0.5) is 19.1 Å². The lowest BCUT2D eigenvalue weighted by Gasteiger charge is -2.32. The van der Waals surface area contributed by atoms with Crippen LogP contribution in [-0.4, -0.2) is 19.9 Å². The summed E-state index contributed by atoms with van der Waals surface area (Å²) in [6.07, 6.45) is 6.45. The second-order valence-corrected chi connectivity index (χ2v) is 10.1. The van der Waals surface area contributed by atoms with Crippen LogP contribution in [0.2, 0.25) is 0 Å². The molecule has 2 fully saturated rings. The molecule has 4 aliphatic carbocycles. The Morgan fingerprint density at radius 3 is 2.71 bits per heavy atom. The van der Waals surface area contributed by atoms with Crippen LogP contribution < -0.4 is 10.9 Å². The molecular weight excluding hydrogens is 443 g/mol. The summed E-state index contributed by atoms with van der Waals surface area (Å²) in [5, 5.41) is 2.97. The van der Waals surface area contributed by atoms with Crippen molar-refractivity contribution >= 4 is 17.1 Å². The zero-order chi connectivity index (χ0) is 23.5. The van der Waals surface area contributed by atoms with E-state index in [2.05, 4.69) is 31.3 Å². The summed E-state index contributed by atoms with van der Waals surface area (Å²) in [5.41, 5.74) is 2.42. The summed E-state index contributed by atoms with van der Waals surface area (Å²) in [4.78, 5) is 27.2. The topological polar surface area (TPSA) is 86.5 Å². The van der Waals surface area contributed by atoms with Crippen molar-refractivity contribution in [1.82, 2.24) is 19.9 Å². The maximum Gasteiger partial charge on any atom is 0.416 e. The second kappa shape index (κ2) is 7.71. The van der Waals surface area contributed by atoms with Crippen molar-refractivity contribution in [3.05, 3.63) is 63.2 Å². The van der Waals surface area contributed by atoms with Crippen molar-refractivity contribution in [2.75, 3.05) is 5.32 Å². The zero-order valence-corrected chi connectivity index (χ0v) is 18.6. The van der Waals surface area contributed by atoms with Crippen molar-refractivity contribution in [2.24, 2.45) is 17.3 Å². The summed E-state index contributed by atoms with van der Waals surface area (Å²) in [5.74, 6) is 2.68. The highest BCUT2D eigenvalue weighted by Gasteiger charge is 2.51. The van der Waals surface area contributed by atoms with Crippen LogP contribution in [0.1, 0.15) is 55.5 Å². The Bertz CT molecular complexity index is 1320. The molecule has 178 valence electrons. The fraction of sp³-hybridized carbons (Fsp3) is 0.480. The Morgan fingerprint density at radius 1 is 1.12 bits per heavy atom. The van der Waals surface area contributed by atoms with Gasteiger partial charge in [-0.15, -0.1) is 0 Å². The quantitative estimate of drug-likeness (QED) is 0.408. The van der Waals surface area contributed by atoms with E-state index < -0.39 is 11.7 Å². The number of rotatable bonds is 7. The number of aromatic nitrogens is 4. The minimum Gasteiger partial charge on any atom is -0.352 e. The average molecular weight is 470 g/mol. The van der Waals surface area contributed by atoms with E-state index in [4.69, 9.17) is 0 Å². The second-order valence-electron chi connectivity index (χ2n) is 10.1. The van der Waals surface area contributed by atoms with Gasteiger partial charge in [-0.25, -0.2) is 4.98 Å². The van der Waals surface area contributed by atoms with Crippen LogP contribution in [0.25, 0.3) is 11.2 Å². The Hall–Kier alpha value is -3.10. The normalized spacial score (nSPS) is 25.3. The molecule has 0 aliphatic heterocycles. The highest BCUT2D eigenvalue weighted by atomic mass is 19.4. The van der Waals surface area contributed by atoms with Gasteiger partial charge in [-0.05, 0) is 73.5 Å². The highest BCUT2D eigenvalue weighted by molar-refractivity contribution is 5.70. The molecule has 0 amide bonds. The predicted molar refractivity (Wildman–Crippen MR) is 122 cm³/mol. The fourth-order valence-corrected chi connectivity index (χ4v) is 6.45. The highest BCUT2D eigenvalue weighted by Crippen LogP contribution is 2.63. The van der Waals surface area contributed by atoms with Gasteiger partial charge in [0.05, 0.1) is 5.56 Å². The molecule has 2 saturated carbocycles. The van der Waals surface area contributed by atoms with Crippen LogP contribution >= 0.6 is 0 Å². The molecule has 3 aromatic rings. The lowest BCUT2D eigenvalue weighted by Crippen LogP contribution is -2.22. The molecule has 2 heterocycles. The van der Waals surface area contributed by atoms with Gasteiger partial charge in [0.15, 0.2) is 11.2 Å². The summed E-state index contributed by atoms with van der Waals surface area (Å²) in [7, 11) is 0. The van der Waals surface area contributed by atoms with Crippen LogP contribution in [0.15, 0.2) is 40.7 Å². The van der Waals surface area contributed by atoms with E-state index in [9.17, 15) is 18.0 Å². The van der Waals surface area contributed by atoms with E-state index in [0.29, 0.717) is 22.1 Å². The third-order valence-electron chi connectivity index (χ3n) is 7.82. The lowest BCUT2D eigenvalue weighted by molar-refractivity contribution is -0.137. The first-order valence-electron chi connectivity index (χ1n) is 11.9. The third-order valence-corrected chi connectivity index (χ3v) is 7.82. The summed E-state index contributed by atoms with van der Waals surface area (Å²) in [6, 6.07) is 4.87. The molecule has 3 unspecified atom stereocenters. The zero-order valence-electron chi connectivity index (χ0n) is 18.6. The Kier molecular flexibility index (Phi) is 4.86. The molecule has 9 heteroatoms. The largest absolute Gasteiger partial charge is 0.416 e. The van der Waals surface area contributed by atoms with E-state index in [1.165, 1.54) is 44.2 Å². The van der Waals surface area contributed by atoms with Crippen LogP contribution in [-0.2, 0) is 19.1 Å². The van der Waals surface area contributed by atoms with E-state index in [1.54, 1.807) is 5.57 Å². The Morgan fingerprint density at radius 2 is 1.94 bits per heavy atom. The summed E-state index contributed by atoms with van der Waals surface area (Å²) < 4.78 is 38.2. The average Bonchev–Trinajstić information content (AvgIpc) is 3.38. The molecule has 0 spiro atoms. The standard InChI is InChI=1S/C25H26F3N5O/c26-25(27,28)17-5-3-14(4-6-17)13-29-23-32-21-20(22(34)33-23)30-19(31-21)2-1-7-24-11-15-8-16(12-24)10-18(24)9-15/h3-6,9,15-16H,1-2,7-8,10-13H2,(H3,29,30,31,32,33,34). The molecule has 1 aromatic carbocycles. The van der Waals surface area contributed by atoms with Gasteiger partial charge in [0.2, 0.25) is 5.95 Å². The number of benzene rings is 1. The number of fused-ring (bicyclic) bond motifs is 1. The van der Waals surface area contributed by atoms with Gasteiger partial charge in [-0.1, -0.05) is 23.8 Å². The first-order chi connectivity index (χ1) is 16.3. The fourth-order valence-electron chi connectivity index (χ4n) is 6.45. The molecule has 6 nitrogen and oxygen atoms in total. The molecule has 3 N–H and O–H groups in total. The number of halogens is 3. The number of hydrogen-bond acceptors (Lipinski definition) is 4. The SMILES string of the molecule is O=c1[nH]c(NCc2ccc(C(F)(F)F)cc2)nc2nc(CCCC34CC5C=C3CC(C5)C4)[nH]c12. The number of hydrogen-bond donors (Lipinski definition) is 3. The number of anilines is 1. The molecule has 4 aliphatic rings. The number of imidazole rings is 1. The molecule has 4 bridgehead atoms. The van der Waals surface area contributed by atoms with Gasteiger partial charge in [0.1, 0.15) is 5.82 Å². The van der Waals surface area contributed by atoms with Crippen LogP contribution in [0, 0.1) is 17.3 Å². The molecule has 0 radical (unpaired) electrons. The smallest absolute Gasteiger partial charge is 0.352 e. The van der Waals surface area contributed by atoms with Crippen molar-refractivity contribution in [3.8, 4) is 0 Å². The number of allylic oxidation sites excluding steroid dienone is 2. The first-order valence-corrected chi connectivity index (χ1v) is 11.9. The third kappa shape index (κ3) is 3.80. The van der Waals surface area contributed by atoms with Crippen molar-refractivity contribution < 1.29 is 13.2 Å². The van der Waals surface area contributed by atoms with E-state index in [-0.39, 0.29) is 18.1 Å². The molecule has 7 rings (SSSR count). The molecule has 3 atom stereocenters. The van der Waals surface area contributed by atoms with Crippen molar-refractivity contribution in [2.45, 2.75) is 57.7 Å². The van der Waals surface area contributed by atoms with Crippen molar-refractivity contribution in [3.63, 3.8) is 0 Å². The predicted octanol–water partition coefficient (Wildman–Crippen LogP) is 5.35. The minimum atomic E-state index is -4.37. The van der Waals surface area contributed by atoms with Gasteiger partial charge >= 0.3 is 6.18 Å². The monoisotopic (exact) mass is 469 g/mol. The summed E-state index contributed by atoms with van der Waals surface area (Å²) in [6.45, 7) is 0.226. The maximum absolute atomic E-state index is 12.7. The Labute approximate surface area is 194 Å². The number of aromatic amines is 2. The minimum absolute atomic E-state index is 0.226. The van der Waals surface area contributed by atoms with E-state index in [1.807, 2.05) is 0 Å². The van der Waals surface area contributed by atoms with Crippen LogP contribution in [0.5, 0.6) is 0 Å². The number of nitrogens with one attached hydrogen (secondary N) is 3. The van der Waals surface area contributed by atoms with Crippen LogP contribution in [0.3, 0.4) is 0 Å². The number of aryl methyl sites for hydroxylation is 1. The van der Waals surface area contributed by atoms with Gasteiger partial charge in [0.25, 0.3) is 5.56 Å².